The third kappa shape index (κ3) is 3.08. The van der Waals surface area contributed by atoms with Gasteiger partial charge in [0.25, 0.3) is 0 Å². The van der Waals surface area contributed by atoms with Crippen molar-refractivity contribution in [2.45, 2.75) is 6.42 Å². The Morgan fingerprint density at radius 3 is 2.25 bits per heavy atom. The van der Waals surface area contributed by atoms with Gasteiger partial charge < -0.3 is 1.43 Å². The van der Waals surface area contributed by atoms with E-state index < -0.39 is 0 Å². The predicted octanol–water partition coefficient (Wildman–Crippen LogP) is 1.20. The van der Waals surface area contributed by atoms with Crippen LogP contribution in [0, 0.1) is 0 Å². The van der Waals surface area contributed by atoms with Crippen molar-refractivity contribution in [1.82, 2.24) is 0 Å². The summed E-state index contributed by atoms with van der Waals surface area (Å²) in [4.78, 5) is 0. The Morgan fingerprint density at radius 1 is 0.938 bits per heavy atom. The molecule has 16 heavy (non-hydrogen) atoms. The van der Waals surface area contributed by atoms with Crippen LogP contribution in [-0.4, -0.2) is 0 Å². The maximum absolute atomic E-state index is 3.79. The van der Waals surface area contributed by atoms with Crippen LogP contribution in [0.1, 0.15) is 6.99 Å². The molecule has 0 aliphatic carbocycles. The summed E-state index contributed by atoms with van der Waals surface area (Å²) >= 11 is 0. The van der Waals surface area contributed by atoms with Crippen molar-refractivity contribution in [3.05, 3.63) is 72.8 Å². The number of hydrogen-bond acceptors (Lipinski definition) is 0. The summed E-state index contributed by atoms with van der Waals surface area (Å²) in [6.07, 6.45) is 2.87. The first-order valence-electron chi connectivity index (χ1n) is 5.16. The minimum Gasteiger partial charge on any atom is -1.00 e. The van der Waals surface area contributed by atoms with Crippen LogP contribution in [-0.2, 0) is 6.42 Å². The van der Waals surface area contributed by atoms with Crippen molar-refractivity contribution in [3.63, 3.8) is 0 Å². The molecule has 0 aliphatic heterocycles. The Bertz CT molecular complexity index is 451. The minimum atomic E-state index is 0. The monoisotopic (exact) mass is 218 g/mol. The van der Waals surface area contributed by atoms with Gasteiger partial charge in [0.15, 0.2) is 0 Å². The molecule has 0 atom stereocenters. The van der Waals surface area contributed by atoms with Crippen LogP contribution in [0.25, 0.3) is 11.1 Å². The van der Waals surface area contributed by atoms with Gasteiger partial charge >= 0.3 is 29.6 Å². The standard InChI is InChI=1S/C15H14.Na.H/c1-2-8-13-11-6-7-12-15(13)14-9-4-3-5-10-14;;/h2-7,9-12H,1,8H2;;/q;+1;-1. The van der Waals surface area contributed by atoms with Crippen LogP contribution in [0.5, 0.6) is 0 Å². The Hall–Kier alpha value is -0.820. The molecule has 76 valence electrons. The molecule has 0 aromatic heterocycles. The Labute approximate surface area is 121 Å². The van der Waals surface area contributed by atoms with E-state index in [4.69, 9.17) is 0 Å². The molecule has 0 unspecified atom stereocenters. The van der Waals surface area contributed by atoms with E-state index in [0.29, 0.717) is 0 Å². The van der Waals surface area contributed by atoms with Gasteiger partial charge in [0.05, 0.1) is 0 Å². The third-order valence-electron chi connectivity index (χ3n) is 2.47. The summed E-state index contributed by atoms with van der Waals surface area (Å²) in [7, 11) is 0. The van der Waals surface area contributed by atoms with Gasteiger partial charge in [0, 0.05) is 0 Å². The number of benzene rings is 2. The van der Waals surface area contributed by atoms with Gasteiger partial charge in [-0.05, 0) is 23.1 Å². The van der Waals surface area contributed by atoms with E-state index in [9.17, 15) is 0 Å². The summed E-state index contributed by atoms with van der Waals surface area (Å²) in [5.41, 5.74) is 3.91. The number of rotatable bonds is 3. The molecule has 0 bridgehead atoms. The molecular formula is C15H15Na. The van der Waals surface area contributed by atoms with E-state index in [-0.39, 0.29) is 31.0 Å². The van der Waals surface area contributed by atoms with Gasteiger partial charge in [-0.25, -0.2) is 0 Å². The topological polar surface area (TPSA) is 0 Å². The molecule has 1 heteroatoms. The van der Waals surface area contributed by atoms with Crippen LogP contribution in [0.15, 0.2) is 67.3 Å². The summed E-state index contributed by atoms with van der Waals surface area (Å²) in [5.74, 6) is 0. The molecular weight excluding hydrogens is 203 g/mol. The van der Waals surface area contributed by atoms with E-state index in [1.54, 1.807) is 0 Å². The molecule has 0 radical (unpaired) electrons. The van der Waals surface area contributed by atoms with Crippen LogP contribution in [0.2, 0.25) is 0 Å². The maximum atomic E-state index is 3.79. The zero-order chi connectivity index (χ0) is 10.5. The van der Waals surface area contributed by atoms with Crippen molar-refractivity contribution in [2.75, 3.05) is 0 Å². The Morgan fingerprint density at radius 2 is 1.56 bits per heavy atom. The van der Waals surface area contributed by atoms with Gasteiger partial charge in [-0.15, -0.1) is 6.58 Å². The summed E-state index contributed by atoms with van der Waals surface area (Å²) in [6, 6.07) is 18.9. The van der Waals surface area contributed by atoms with E-state index in [0.717, 1.165) is 6.42 Å². The smallest absolute Gasteiger partial charge is 1.00 e. The summed E-state index contributed by atoms with van der Waals surface area (Å²) < 4.78 is 0. The third-order valence-corrected chi connectivity index (χ3v) is 2.47. The number of allylic oxidation sites excluding steroid dienone is 1. The predicted molar refractivity (Wildman–Crippen MR) is 66.9 cm³/mol. The van der Waals surface area contributed by atoms with Gasteiger partial charge in [-0.2, -0.15) is 0 Å². The first-order chi connectivity index (χ1) is 7.42. The second-order valence-corrected chi connectivity index (χ2v) is 3.52. The molecule has 0 nitrogen and oxygen atoms in total. The molecule has 0 aliphatic rings. The second kappa shape index (κ2) is 6.70. The molecule has 2 aromatic carbocycles. The van der Waals surface area contributed by atoms with Gasteiger partial charge in [-0.1, -0.05) is 60.7 Å². The molecule has 0 amide bonds. The zero-order valence-corrected chi connectivity index (χ0v) is 11.7. The Kier molecular flexibility index (Phi) is 5.54. The molecule has 0 N–H and O–H groups in total. The van der Waals surface area contributed by atoms with E-state index in [1.807, 2.05) is 12.1 Å². The molecule has 0 heterocycles. The normalized spacial score (nSPS) is 9.25. The van der Waals surface area contributed by atoms with Gasteiger partial charge in [0.1, 0.15) is 0 Å². The van der Waals surface area contributed by atoms with E-state index in [2.05, 4.69) is 55.1 Å². The van der Waals surface area contributed by atoms with Crippen molar-refractivity contribution in [2.24, 2.45) is 0 Å². The summed E-state index contributed by atoms with van der Waals surface area (Å²) in [6.45, 7) is 3.79. The van der Waals surface area contributed by atoms with Gasteiger partial charge in [0.2, 0.25) is 0 Å². The zero-order valence-electron chi connectivity index (χ0n) is 10.7. The van der Waals surface area contributed by atoms with Crippen LogP contribution < -0.4 is 29.6 Å². The molecule has 2 rings (SSSR count). The fourth-order valence-electron chi connectivity index (χ4n) is 1.75. The molecule has 0 saturated heterocycles. The van der Waals surface area contributed by atoms with Crippen molar-refractivity contribution >= 4 is 0 Å². The van der Waals surface area contributed by atoms with Crippen LogP contribution in [0.4, 0.5) is 0 Å². The fourth-order valence-corrected chi connectivity index (χ4v) is 1.75. The fraction of sp³-hybridized carbons (Fsp3) is 0.0667. The van der Waals surface area contributed by atoms with Crippen molar-refractivity contribution in [1.29, 1.82) is 0 Å². The van der Waals surface area contributed by atoms with Crippen molar-refractivity contribution in [3.8, 4) is 11.1 Å². The second-order valence-electron chi connectivity index (χ2n) is 3.52. The number of hydrogen-bond donors (Lipinski definition) is 0. The van der Waals surface area contributed by atoms with E-state index in [1.165, 1.54) is 16.7 Å². The van der Waals surface area contributed by atoms with Crippen LogP contribution >= 0.6 is 0 Å². The Balaban J connectivity index is 0.00000128. The quantitative estimate of drug-likeness (QED) is 0.536. The summed E-state index contributed by atoms with van der Waals surface area (Å²) in [5, 5.41) is 0. The average molecular weight is 218 g/mol. The first-order valence-corrected chi connectivity index (χ1v) is 5.16. The molecule has 0 saturated carbocycles. The van der Waals surface area contributed by atoms with E-state index >= 15 is 0 Å². The first kappa shape index (κ1) is 13.2. The van der Waals surface area contributed by atoms with Gasteiger partial charge in [-0.3, -0.25) is 0 Å². The van der Waals surface area contributed by atoms with Crippen LogP contribution in [0.3, 0.4) is 0 Å². The maximum Gasteiger partial charge on any atom is 1.00 e. The molecule has 0 spiro atoms. The SMILES string of the molecule is C=CCc1ccccc1-c1ccccc1.[H-].[Na+]. The largest absolute Gasteiger partial charge is 1.00 e. The minimum absolute atomic E-state index is 0. The molecule has 2 aromatic rings. The average Bonchev–Trinajstić information content (AvgIpc) is 2.31. The van der Waals surface area contributed by atoms with Crippen molar-refractivity contribution < 1.29 is 31.0 Å². The molecule has 0 fully saturated rings.